The summed E-state index contributed by atoms with van der Waals surface area (Å²) < 4.78 is 13.0. The molecule has 76 valence electrons. The van der Waals surface area contributed by atoms with Crippen molar-refractivity contribution in [2.24, 2.45) is 0 Å². The molecule has 0 atom stereocenters. The SMILES string of the molecule is Cc1cc(-c2cncc(Cl)n2)ccc1F. The van der Waals surface area contributed by atoms with Gasteiger partial charge in [-0.05, 0) is 30.7 Å². The maximum absolute atomic E-state index is 13.0. The number of aromatic nitrogens is 2. The van der Waals surface area contributed by atoms with Gasteiger partial charge in [-0.3, -0.25) is 4.98 Å². The maximum atomic E-state index is 13.0. The molecule has 0 saturated carbocycles. The van der Waals surface area contributed by atoms with Gasteiger partial charge in [0.1, 0.15) is 11.0 Å². The zero-order valence-electron chi connectivity index (χ0n) is 8.04. The summed E-state index contributed by atoms with van der Waals surface area (Å²) >= 11 is 5.72. The van der Waals surface area contributed by atoms with Crippen molar-refractivity contribution in [2.45, 2.75) is 6.92 Å². The van der Waals surface area contributed by atoms with E-state index >= 15 is 0 Å². The lowest BCUT2D eigenvalue weighted by molar-refractivity contribution is 0.619. The molecule has 4 heteroatoms. The number of rotatable bonds is 1. The molecule has 0 aliphatic heterocycles. The van der Waals surface area contributed by atoms with Crippen LogP contribution in [0.5, 0.6) is 0 Å². The normalized spacial score (nSPS) is 10.3. The van der Waals surface area contributed by atoms with Gasteiger partial charge in [0.15, 0.2) is 0 Å². The minimum Gasteiger partial charge on any atom is -0.259 e. The molecule has 0 N–H and O–H groups in total. The van der Waals surface area contributed by atoms with Crippen molar-refractivity contribution < 1.29 is 4.39 Å². The van der Waals surface area contributed by atoms with Crippen LogP contribution in [-0.2, 0) is 0 Å². The molecule has 0 spiro atoms. The van der Waals surface area contributed by atoms with Crippen LogP contribution in [0.25, 0.3) is 11.3 Å². The van der Waals surface area contributed by atoms with Crippen LogP contribution in [0, 0.1) is 12.7 Å². The molecule has 0 saturated heterocycles. The fourth-order valence-corrected chi connectivity index (χ4v) is 1.43. The van der Waals surface area contributed by atoms with Crippen LogP contribution in [0.1, 0.15) is 5.56 Å². The maximum Gasteiger partial charge on any atom is 0.148 e. The van der Waals surface area contributed by atoms with E-state index in [1.165, 1.54) is 12.3 Å². The summed E-state index contributed by atoms with van der Waals surface area (Å²) in [5.41, 5.74) is 2.03. The van der Waals surface area contributed by atoms with E-state index in [1.807, 2.05) is 0 Å². The smallest absolute Gasteiger partial charge is 0.148 e. The minimum absolute atomic E-state index is 0.228. The van der Waals surface area contributed by atoms with E-state index in [0.717, 1.165) is 5.56 Å². The standard InChI is InChI=1S/C11H8ClFN2/c1-7-4-8(2-3-9(7)13)10-5-14-6-11(12)15-10/h2-6H,1H3. The van der Waals surface area contributed by atoms with Gasteiger partial charge in [0.2, 0.25) is 0 Å². The molecule has 0 radical (unpaired) electrons. The predicted molar refractivity (Wildman–Crippen MR) is 57.2 cm³/mol. The average Bonchev–Trinajstić information content (AvgIpc) is 2.22. The first-order valence-electron chi connectivity index (χ1n) is 4.41. The predicted octanol–water partition coefficient (Wildman–Crippen LogP) is 3.24. The van der Waals surface area contributed by atoms with Gasteiger partial charge >= 0.3 is 0 Å². The van der Waals surface area contributed by atoms with Crippen molar-refractivity contribution in [3.05, 3.63) is 47.1 Å². The van der Waals surface area contributed by atoms with Gasteiger partial charge in [0.25, 0.3) is 0 Å². The van der Waals surface area contributed by atoms with Crippen LogP contribution < -0.4 is 0 Å². The molecule has 0 fully saturated rings. The largest absolute Gasteiger partial charge is 0.259 e. The van der Waals surface area contributed by atoms with Crippen LogP contribution in [-0.4, -0.2) is 9.97 Å². The summed E-state index contributed by atoms with van der Waals surface area (Å²) in [5, 5.41) is 0.328. The summed E-state index contributed by atoms with van der Waals surface area (Å²) in [4.78, 5) is 8.02. The van der Waals surface area contributed by atoms with E-state index in [0.29, 0.717) is 16.4 Å². The number of nitrogens with zero attached hydrogens (tertiary/aromatic N) is 2. The fourth-order valence-electron chi connectivity index (χ4n) is 1.29. The van der Waals surface area contributed by atoms with Crippen molar-refractivity contribution in [1.29, 1.82) is 0 Å². The van der Waals surface area contributed by atoms with Crippen LogP contribution in [0.3, 0.4) is 0 Å². The fraction of sp³-hybridized carbons (Fsp3) is 0.0909. The molecule has 2 rings (SSSR count). The Kier molecular flexibility index (Phi) is 2.64. The van der Waals surface area contributed by atoms with E-state index in [2.05, 4.69) is 9.97 Å². The summed E-state index contributed by atoms with van der Waals surface area (Å²) in [5.74, 6) is -0.228. The van der Waals surface area contributed by atoms with Gasteiger partial charge in [-0.1, -0.05) is 11.6 Å². The number of benzene rings is 1. The quantitative estimate of drug-likeness (QED) is 0.740. The second-order valence-corrected chi connectivity index (χ2v) is 3.58. The van der Waals surface area contributed by atoms with Crippen molar-refractivity contribution in [2.75, 3.05) is 0 Å². The molecule has 1 aromatic heterocycles. The van der Waals surface area contributed by atoms with Crippen molar-refractivity contribution in [1.82, 2.24) is 9.97 Å². The zero-order valence-corrected chi connectivity index (χ0v) is 8.79. The Labute approximate surface area is 91.8 Å². The van der Waals surface area contributed by atoms with E-state index in [-0.39, 0.29) is 5.82 Å². The van der Waals surface area contributed by atoms with Gasteiger partial charge < -0.3 is 0 Å². The van der Waals surface area contributed by atoms with Gasteiger partial charge in [0.05, 0.1) is 18.1 Å². The molecule has 0 amide bonds. The van der Waals surface area contributed by atoms with Crippen molar-refractivity contribution in [3.8, 4) is 11.3 Å². The average molecular weight is 223 g/mol. The Morgan fingerprint density at radius 3 is 2.73 bits per heavy atom. The van der Waals surface area contributed by atoms with E-state index < -0.39 is 0 Å². The molecule has 15 heavy (non-hydrogen) atoms. The van der Waals surface area contributed by atoms with Gasteiger partial charge in [-0.2, -0.15) is 0 Å². The second-order valence-electron chi connectivity index (χ2n) is 3.19. The topological polar surface area (TPSA) is 25.8 Å². The second kappa shape index (κ2) is 3.95. The van der Waals surface area contributed by atoms with Crippen LogP contribution in [0.2, 0.25) is 5.15 Å². The number of hydrogen-bond acceptors (Lipinski definition) is 2. The molecule has 0 bridgehead atoms. The molecule has 2 aromatic rings. The zero-order chi connectivity index (χ0) is 10.8. The Hall–Kier alpha value is -1.48. The van der Waals surface area contributed by atoms with Crippen LogP contribution >= 0.6 is 11.6 Å². The number of halogens is 2. The Balaban J connectivity index is 2.50. The lowest BCUT2D eigenvalue weighted by Crippen LogP contribution is -1.88. The third-order valence-corrected chi connectivity index (χ3v) is 2.24. The lowest BCUT2D eigenvalue weighted by atomic mass is 10.1. The Morgan fingerprint density at radius 1 is 1.27 bits per heavy atom. The van der Waals surface area contributed by atoms with Crippen molar-refractivity contribution >= 4 is 11.6 Å². The summed E-state index contributed by atoms with van der Waals surface area (Å²) in [6, 6.07) is 4.78. The third kappa shape index (κ3) is 2.13. The number of hydrogen-bond donors (Lipinski definition) is 0. The molecule has 0 unspecified atom stereocenters. The molecule has 0 aliphatic rings. The molecular weight excluding hydrogens is 215 g/mol. The highest BCUT2D eigenvalue weighted by Gasteiger charge is 2.03. The molecular formula is C11H8ClFN2. The van der Waals surface area contributed by atoms with Gasteiger partial charge in [0, 0.05) is 5.56 Å². The lowest BCUT2D eigenvalue weighted by Gasteiger charge is -2.02. The summed E-state index contributed by atoms with van der Waals surface area (Å²) in [6.45, 7) is 1.71. The van der Waals surface area contributed by atoms with E-state index in [1.54, 1.807) is 25.3 Å². The monoisotopic (exact) mass is 222 g/mol. The first kappa shape index (κ1) is 10.1. The van der Waals surface area contributed by atoms with E-state index in [9.17, 15) is 4.39 Å². The summed E-state index contributed by atoms with van der Waals surface area (Å²) in [7, 11) is 0. The van der Waals surface area contributed by atoms with Crippen LogP contribution in [0.4, 0.5) is 4.39 Å². The first-order chi connectivity index (χ1) is 7.16. The van der Waals surface area contributed by atoms with E-state index in [4.69, 9.17) is 11.6 Å². The Bertz CT molecular complexity index is 500. The minimum atomic E-state index is -0.228. The first-order valence-corrected chi connectivity index (χ1v) is 4.78. The highest BCUT2D eigenvalue weighted by molar-refractivity contribution is 6.29. The molecule has 0 aliphatic carbocycles. The highest BCUT2D eigenvalue weighted by Crippen LogP contribution is 2.20. The van der Waals surface area contributed by atoms with Crippen molar-refractivity contribution in [3.63, 3.8) is 0 Å². The molecule has 1 aromatic carbocycles. The van der Waals surface area contributed by atoms with Gasteiger partial charge in [-0.25, -0.2) is 9.37 Å². The van der Waals surface area contributed by atoms with Crippen LogP contribution in [0.15, 0.2) is 30.6 Å². The highest BCUT2D eigenvalue weighted by atomic mass is 35.5. The number of aryl methyl sites for hydroxylation is 1. The Morgan fingerprint density at radius 2 is 2.07 bits per heavy atom. The molecule has 2 nitrogen and oxygen atoms in total. The molecule has 1 heterocycles. The summed E-state index contributed by atoms with van der Waals surface area (Å²) in [6.07, 6.45) is 3.06. The van der Waals surface area contributed by atoms with Gasteiger partial charge in [-0.15, -0.1) is 0 Å². The third-order valence-electron chi connectivity index (χ3n) is 2.06.